The van der Waals surface area contributed by atoms with Gasteiger partial charge in [-0.15, -0.1) is 0 Å². The van der Waals surface area contributed by atoms with E-state index in [2.05, 4.69) is 38.8 Å². The highest BCUT2D eigenvalue weighted by Gasteiger charge is 2.50. The molecule has 1 aromatic carbocycles. The second-order valence-electron chi connectivity index (χ2n) is 11.4. The van der Waals surface area contributed by atoms with Gasteiger partial charge in [0.2, 0.25) is 0 Å². The minimum absolute atomic E-state index is 0.130. The quantitative estimate of drug-likeness (QED) is 0.386. The van der Waals surface area contributed by atoms with Crippen molar-refractivity contribution in [3.8, 4) is 0 Å². The van der Waals surface area contributed by atoms with Gasteiger partial charge in [0.05, 0.1) is 0 Å². The maximum atomic E-state index is 12.7. The van der Waals surface area contributed by atoms with Gasteiger partial charge in [0.25, 0.3) is 11.5 Å². The van der Waals surface area contributed by atoms with Crippen molar-refractivity contribution in [2.24, 2.45) is 17.8 Å². The summed E-state index contributed by atoms with van der Waals surface area (Å²) in [4.78, 5) is 32.9. The van der Waals surface area contributed by atoms with E-state index in [-0.39, 0.29) is 17.2 Å². The first-order valence-electron chi connectivity index (χ1n) is 13.1. The molecule has 36 heavy (non-hydrogen) atoms. The van der Waals surface area contributed by atoms with Gasteiger partial charge in [-0.3, -0.25) is 14.0 Å². The second kappa shape index (κ2) is 8.30. The monoisotopic (exact) mass is 481 g/mol. The van der Waals surface area contributed by atoms with Gasteiger partial charge in [0, 0.05) is 42.1 Å². The minimum Gasteiger partial charge on any atom is -0.357 e. The Kier molecular flexibility index (Phi) is 5.03. The molecule has 184 valence electrons. The van der Waals surface area contributed by atoms with Crippen molar-refractivity contribution in [1.29, 1.82) is 0 Å². The first-order valence-corrected chi connectivity index (χ1v) is 13.1. The number of fused-ring (bicyclic) bond motifs is 2. The summed E-state index contributed by atoms with van der Waals surface area (Å²) in [5.74, 6) is 2.46. The van der Waals surface area contributed by atoms with E-state index in [0.29, 0.717) is 17.7 Å². The Hall–Kier alpha value is -3.45. The molecule has 8 rings (SSSR count). The number of carbonyl (C=O) groups is 1. The molecule has 4 aromatic rings. The Morgan fingerprint density at radius 3 is 2.56 bits per heavy atom. The number of carbonyl (C=O) groups excluding carboxylic acids is 1. The molecule has 0 radical (unpaired) electrons. The van der Waals surface area contributed by atoms with Crippen molar-refractivity contribution in [3.05, 3.63) is 82.0 Å². The van der Waals surface area contributed by atoms with Crippen molar-refractivity contribution < 1.29 is 4.79 Å². The molecule has 1 amide bonds. The Bertz CT molecular complexity index is 1500. The highest BCUT2D eigenvalue weighted by Crippen LogP contribution is 2.55. The number of pyridine rings is 1. The number of nitrogens with zero attached hydrogens (tertiary/aromatic N) is 2. The van der Waals surface area contributed by atoms with Gasteiger partial charge >= 0.3 is 0 Å². The van der Waals surface area contributed by atoms with Gasteiger partial charge in [-0.2, -0.15) is 0 Å². The van der Waals surface area contributed by atoms with Crippen LogP contribution in [0, 0.1) is 17.8 Å². The van der Waals surface area contributed by atoms with Gasteiger partial charge in [-0.1, -0.05) is 18.2 Å². The number of amides is 1. The molecule has 7 heteroatoms. The summed E-state index contributed by atoms with van der Waals surface area (Å²) in [6.45, 7) is 1.24. The van der Waals surface area contributed by atoms with E-state index in [1.54, 1.807) is 24.4 Å². The van der Waals surface area contributed by atoms with Crippen LogP contribution >= 0.6 is 0 Å². The Morgan fingerprint density at radius 1 is 1.00 bits per heavy atom. The van der Waals surface area contributed by atoms with Crippen LogP contribution < -0.4 is 16.2 Å². The molecule has 7 nitrogen and oxygen atoms in total. The fourth-order valence-corrected chi connectivity index (χ4v) is 7.49. The summed E-state index contributed by atoms with van der Waals surface area (Å²) in [5, 5.41) is 8.05. The molecule has 3 heterocycles. The lowest BCUT2D eigenvalue weighted by Crippen LogP contribution is -2.58. The lowest BCUT2D eigenvalue weighted by Gasteiger charge is -2.57. The van der Waals surface area contributed by atoms with Gasteiger partial charge in [-0.25, -0.2) is 4.98 Å². The van der Waals surface area contributed by atoms with Crippen LogP contribution in [0.25, 0.3) is 16.6 Å². The third kappa shape index (κ3) is 3.91. The highest BCUT2D eigenvalue weighted by molar-refractivity contribution is 5.92. The predicted molar refractivity (Wildman–Crippen MR) is 139 cm³/mol. The molecule has 0 saturated heterocycles. The normalized spacial score (nSPS) is 26.6. The number of hydrogen-bond donors (Lipinski definition) is 3. The summed E-state index contributed by atoms with van der Waals surface area (Å²) in [5.41, 5.74) is 3.95. The third-order valence-corrected chi connectivity index (χ3v) is 8.69. The first-order chi connectivity index (χ1) is 17.5. The zero-order chi connectivity index (χ0) is 24.3. The van der Waals surface area contributed by atoms with E-state index in [0.717, 1.165) is 35.4 Å². The van der Waals surface area contributed by atoms with Crippen LogP contribution in [0.1, 0.15) is 60.3 Å². The Morgan fingerprint density at radius 2 is 1.78 bits per heavy atom. The largest absolute Gasteiger partial charge is 0.357 e. The predicted octanol–water partition coefficient (Wildman–Crippen LogP) is 4.16. The van der Waals surface area contributed by atoms with Gasteiger partial charge < -0.3 is 15.6 Å². The van der Waals surface area contributed by atoms with Crippen LogP contribution in [0.5, 0.6) is 0 Å². The zero-order valence-electron chi connectivity index (χ0n) is 20.3. The van der Waals surface area contributed by atoms with Gasteiger partial charge in [0.1, 0.15) is 11.3 Å². The van der Waals surface area contributed by atoms with Crippen molar-refractivity contribution in [3.63, 3.8) is 0 Å². The molecule has 4 aliphatic rings. The number of aromatic amines is 1. The summed E-state index contributed by atoms with van der Waals surface area (Å²) in [6.07, 6.45) is 10.1. The summed E-state index contributed by atoms with van der Waals surface area (Å²) in [7, 11) is 0. The molecule has 0 spiro atoms. The van der Waals surface area contributed by atoms with E-state index in [4.69, 9.17) is 0 Å². The number of hydrogen-bond acceptors (Lipinski definition) is 4. The molecule has 4 aliphatic carbocycles. The molecule has 0 unspecified atom stereocenters. The standard InChI is InChI=1S/C29H31N5O2/c35-27-12-25(33-26-3-1-2-6-34(26)27)28(36)30-16-18-4-5-22-11-23(32-24(22)10-18)17-31-29-13-19-7-20(14-29)9-21(8-19)15-29/h1-6,10-12,19-21,31-32H,7-9,13-17H2,(H,30,36). The number of rotatable bonds is 6. The third-order valence-electron chi connectivity index (χ3n) is 8.69. The number of nitrogens with one attached hydrogen (secondary N) is 3. The lowest BCUT2D eigenvalue weighted by atomic mass is 9.53. The minimum atomic E-state index is -0.356. The average molecular weight is 482 g/mol. The van der Waals surface area contributed by atoms with E-state index in [1.807, 2.05) is 6.07 Å². The summed E-state index contributed by atoms with van der Waals surface area (Å²) < 4.78 is 1.42. The molecular formula is C29H31N5O2. The summed E-state index contributed by atoms with van der Waals surface area (Å²) >= 11 is 0. The molecule has 3 aromatic heterocycles. The Labute approximate surface area is 209 Å². The van der Waals surface area contributed by atoms with Gasteiger partial charge in [-0.05, 0) is 91.5 Å². The fraction of sp³-hybridized carbons (Fsp3) is 0.414. The van der Waals surface area contributed by atoms with E-state index < -0.39 is 0 Å². The fourth-order valence-electron chi connectivity index (χ4n) is 7.49. The second-order valence-corrected chi connectivity index (χ2v) is 11.4. The molecule has 4 fully saturated rings. The van der Waals surface area contributed by atoms with Crippen molar-refractivity contribution in [1.82, 2.24) is 25.0 Å². The molecule has 3 N–H and O–H groups in total. The van der Waals surface area contributed by atoms with Crippen molar-refractivity contribution in [2.75, 3.05) is 0 Å². The smallest absolute Gasteiger partial charge is 0.270 e. The molecule has 0 atom stereocenters. The van der Waals surface area contributed by atoms with Gasteiger partial charge in [0.15, 0.2) is 0 Å². The molecule has 4 bridgehead atoms. The maximum Gasteiger partial charge on any atom is 0.270 e. The summed E-state index contributed by atoms with van der Waals surface area (Å²) in [6, 6.07) is 15.0. The Balaban J connectivity index is 1.02. The van der Waals surface area contributed by atoms with Crippen LogP contribution in [-0.2, 0) is 13.1 Å². The van der Waals surface area contributed by atoms with Crippen molar-refractivity contribution >= 4 is 22.5 Å². The number of aromatic nitrogens is 3. The highest BCUT2D eigenvalue weighted by atomic mass is 16.2. The van der Waals surface area contributed by atoms with Crippen LogP contribution in [0.4, 0.5) is 0 Å². The average Bonchev–Trinajstić information content (AvgIpc) is 3.28. The molecule has 0 aliphatic heterocycles. The molecular weight excluding hydrogens is 450 g/mol. The molecule has 4 saturated carbocycles. The van der Waals surface area contributed by atoms with Crippen molar-refractivity contribution in [2.45, 2.75) is 57.2 Å². The zero-order valence-corrected chi connectivity index (χ0v) is 20.3. The van der Waals surface area contributed by atoms with E-state index in [9.17, 15) is 9.59 Å². The van der Waals surface area contributed by atoms with E-state index in [1.165, 1.54) is 60.1 Å². The number of benzene rings is 1. The SMILES string of the molecule is O=C(NCc1ccc2cc(CNC34CC5CC(CC(C5)C3)C4)[nH]c2c1)c1cc(=O)n2ccccc2n1. The number of H-pyrrole nitrogens is 1. The van der Waals surface area contributed by atoms with Crippen LogP contribution in [-0.4, -0.2) is 25.8 Å². The van der Waals surface area contributed by atoms with Crippen LogP contribution in [0.3, 0.4) is 0 Å². The topological polar surface area (TPSA) is 91.3 Å². The lowest BCUT2D eigenvalue weighted by molar-refractivity contribution is -0.0207. The first kappa shape index (κ1) is 21.8. The van der Waals surface area contributed by atoms with E-state index >= 15 is 0 Å². The van der Waals surface area contributed by atoms with Crippen LogP contribution in [0.15, 0.2) is 59.5 Å². The van der Waals surface area contributed by atoms with Crippen LogP contribution in [0.2, 0.25) is 0 Å². The maximum absolute atomic E-state index is 12.7.